The molecular weight excluding hydrogens is 336 g/mol. The van der Waals surface area contributed by atoms with Gasteiger partial charge in [0.2, 0.25) is 5.91 Å². The number of H-pyrrole nitrogens is 1. The number of aromatic nitrogens is 3. The van der Waals surface area contributed by atoms with Crippen molar-refractivity contribution in [1.82, 2.24) is 15.2 Å². The van der Waals surface area contributed by atoms with Crippen LogP contribution < -0.4 is 5.32 Å². The lowest BCUT2D eigenvalue weighted by atomic mass is 10.1. The van der Waals surface area contributed by atoms with Crippen LogP contribution in [0.2, 0.25) is 0 Å². The molecule has 126 valence electrons. The van der Waals surface area contributed by atoms with Crippen LogP contribution in [0.15, 0.2) is 29.7 Å². The average Bonchev–Trinajstić information content (AvgIpc) is 3.11. The van der Waals surface area contributed by atoms with Gasteiger partial charge in [0.1, 0.15) is 6.33 Å². The molecule has 1 aromatic carbocycles. The van der Waals surface area contributed by atoms with E-state index in [1.165, 1.54) is 38.7 Å². The number of nitrogens with zero attached hydrogens (tertiary/aromatic N) is 2. The van der Waals surface area contributed by atoms with E-state index < -0.39 is 11.9 Å². The Labute approximate surface area is 141 Å². The zero-order valence-corrected chi connectivity index (χ0v) is 13.7. The summed E-state index contributed by atoms with van der Waals surface area (Å²) in [5.41, 5.74) is 0.527. The number of carbonyl (C=O) groups excluding carboxylic acids is 3. The lowest BCUT2D eigenvalue weighted by Crippen LogP contribution is -2.16. The molecule has 24 heavy (non-hydrogen) atoms. The summed E-state index contributed by atoms with van der Waals surface area (Å²) in [7, 11) is 2.44. The van der Waals surface area contributed by atoms with Crippen LogP contribution in [0.25, 0.3) is 0 Å². The number of rotatable bonds is 6. The third-order valence-corrected chi connectivity index (χ3v) is 3.67. The number of methoxy groups -OCH3 is 2. The van der Waals surface area contributed by atoms with E-state index in [4.69, 9.17) is 0 Å². The van der Waals surface area contributed by atoms with Crippen LogP contribution in [0.1, 0.15) is 20.7 Å². The number of ether oxygens (including phenoxy) is 2. The van der Waals surface area contributed by atoms with E-state index in [2.05, 4.69) is 30.0 Å². The van der Waals surface area contributed by atoms with Gasteiger partial charge in [-0.1, -0.05) is 11.8 Å². The van der Waals surface area contributed by atoms with Crippen molar-refractivity contribution in [3.63, 3.8) is 0 Å². The van der Waals surface area contributed by atoms with E-state index in [0.717, 1.165) is 11.8 Å². The smallest absolute Gasteiger partial charge is 0.337 e. The van der Waals surface area contributed by atoms with Gasteiger partial charge in [-0.15, -0.1) is 0 Å². The standard InChI is InChI=1S/C14H14N4O5S/c1-22-12(20)8-3-9(13(21)23-2)5-10(4-8)17-11(19)6-24-14-15-7-16-18-14/h3-5,7H,6H2,1-2H3,(H,17,19)(H,15,16,18). The first-order chi connectivity index (χ1) is 11.5. The molecule has 0 saturated heterocycles. The van der Waals surface area contributed by atoms with Crippen molar-refractivity contribution in [2.24, 2.45) is 0 Å². The molecule has 0 aliphatic rings. The van der Waals surface area contributed by atoms with Gasteiger partial charge in [0.25, 0.3) is 0 Å². The molecular formula is C14H14N4O5S. The number of hydrogen-bond acceptors (Lipinski definition) is 8. The summed E-state index contributed by atoms with van der Waals surface area (Å²) in [6.07, 6.45) is 1.34. The molecule has 10 heteroatoms. The van der Waals surface area contributed by atoms with Crippen molar-refractivity contribution in [3.05, 3.63) is 35.7 Å². The largest absolute Gasteiger partial charge is 0.465 e. The van der Waals surface area contributed by atoms with Gasteiger partial charge in [0, 0.05) is 5.69 Å². The molecule has 0 radical (unpaired) electrons. The normalized spacial score (nSPS) is 10.1. The Balaban J connectivity index is 2.13. The molecule has 2 aromatic rings. The van der Waals surface area contributed by atoms with Crippen molar-refractivity contribution in [2.75, 3.05) is 25.3 Å². The summed E-state index contributed by atoms with van der Waals surface area (Å²) in [5, 5.41) is 9.40. The summed E-state index contributed by atoms with van der Waals surface area (Å²) in [4.78, 5) is 39.2. The highest BCUT2D eigenvalue weighted by atomic mass is 32.2. The number of anilines is 1. The molecule has 0 unspecified atom stereocenters. The van der Waals surface area contributed by atoms with E-state index >= 15 is 0 Å². The maximum Gasteiger partial charge on any atom is 0.337 e. The Bertz CT molecular complexity index is 713. The Hall–Kier alpha value is -2.88. The first-order valence-corrected chi connectivity index (χ1v) is 7.61. The number of hydrogen-bond donors (Lipinski definition) is 2. The fourth-order valence-electron chi connectivity index (χ4n) is 1.77. The van der Waals surface area contributed by atoms with Gasteiger partial charge < -0.3 is 14.8 Å². The molecule has 0 aliphatic heterocycles. The summed E-state index contributed by atoms with van der Waals surface area (Å²) in [6, 6.07) is 4.15. The van der Waals surface area contributed by atoms with Crippen LogP contribution in [0.4, 0.5) is 5.69 Å². The highest BCUT2D eigenvalue weighted by Gasteiger charge is 2.15. The summed E-state index contributed by atoms with van der Waals surface area (Å²) >= 11 is 1.16. The SMILES string of the molecule is COC(=O)c1cc(NC(=O)CSc2ncn[nH]2)cc(C(=O)OC)c1. The molecule has 1 heterocycles. The summed E-state index contributed by atoms with van der Waals surface area (Å²) < 4.78 is 9.27. The van der Waals surface area contributed by atoms with Crippen molar-refractivity contribution in [3.8, 4) is 0 Å². The maximum atomic E-state index is 12.0. The second-order valence-electron chi connectivity index (χ2n) is 4.41. The predicted molar refractivity (Wildman–Crippen MR) is 84.9 cm³/mol. The Kier molecular flexibility index (Phi) is 5.90. The van der Waals surface area contributed by atoms with Crippen LogP contribution in [-0.4, -0.2) is 53.0 Å². The second kappa shape index (κ2) is 8.11. The molecule has 0 bridgehead atoms. The van der Waals surface area contributed by atoms with Gasteiger partial charge in [0.05, 0.1) is 31.1 Å². The number of thioether (sulfide) groups is 1. The Morgan fingerprint density at radius 3 is 2.25 bits per heavy atom. The molecule has 0 atom stereocenters. The van der Waals surface area contributed by atoms with Gasteiger partial charge in [-0.3, -0.25) is 9.89 Å². The highest BCUT2D eigenvalue weighted by molar-refractivity contribution is 7.99. The second-order valence-corrected chi connectivity index (χ2v) is 5.37. The van der Waals surface area contributed by atoms with Crippen LogP contribution in [-0.2, 0) is 14.3 Å². The van der Waals surface area contributed by atoms with Crippen LogP contribution in [0.3, 0.4) is 0 Å². The Morgan fingerprint density at radius 1 is 1.12 bits per heavy atom. The van der Waals surface area contributed by atoms with Crippen molar-refractivity contribution >= 4 is 35.3 Å². The van der Waals surface area contributed by atoms with E-state index in [1.54, 1.807) is 0 Å². The van der Waals surface area contributed by atoms with Gasteiger partial charge in [-0.25, -0.2) is 14.6 Å². The molecule has 2 rings (SSSR count). The number of carbonyl (C=O) groups is 3. The van der Waals surface area contributed by atoms with Gasteiger partial charge in [0.15, 0.2) is 5.16 Å². The molecule has 9 nitrogen and oxygen atoms in total. The maximum absolute atomic E-state index is 12.0. The first-order valence-electron chi connectivity index (χ1n) is 6.63. The summed E-state index contributed by atoms with van der Waals surface area (Å²) in [5.74, 6) is -1.53. The van der Waals surface area contributed by atoms with E-state index in [9.17, 15) is 14.4 Å². The van der Waals surface area contributed by atoms with E-state index in [1.807, 2.05) is 0 Å². The quantitative estimate of drug-likeness (QED) is 0.586. The zero-order chi connectivity index (χ0) is 17.5. The van der Waals surface area contributed by atoms with Crippen molar-refractivity contribution in [1.29, 1.82) is 0 Å². The number of aromatic amines is 1. The van der Waals surface area contributed by atoms with Crippen molar-refractivity contribution < 1.29 is 23.9 Å². The van der Waals surface area contributed by atoms with Crippen LogP contribution >= 0.6 is 11.8 Å². The molecule has 0 spiro atoms. The van der Waals surface area contributed by atoms with Gasteiger partial charge in [-0.2, -0.15) is 5.10 Å². The Morgan fingerprint density at radius 2 is 1.75 bits per heavy atom. The van der Waals surface area contributed by atoms with Crippen LogP contribution in [0.5, 0.6) is 0 Å². The topological polar surface area (TPSA) is 123 Å². The zero-order valence-electron chi connectivity index (χ0n) is 12.9. The minimum Gasteiger partial charge on any atom is -0.465 e. The van der Waals surface area contributed by atoms with Gasteiger partial charge in [-0.05, 0) is 18.2 Å². The first kappa shape index (κ1) is 17.5. The number of benzene rings is 1. The molecule has 1 amide bonds. The van der Waals surface area contributed by atoms with Crippen molar-refractivity contribution in [2.45, 2.75) is 5.16 Å². The fraction of sp³-hybridized carbons (Fsp3) is 0.214. The van der Waals surface area contributed by atoms with E-state index in [0.29, 0.717) is 5.16 Å². The minimum absolute atomic E-state index is 0.0746. The highest BCUT2D eigenvalue weighted by Crippen LogP contribution is 2.18. The molecule has 1 aromatic heterocycles. The third kappa shape index (κ3) is 4.56. The number of nitrogens with one attached hydrogen (secondary N) is 2. The fourth-order valence-corrected chi connectivity index (χ4v) is 2.34. The number of amides is 1. The minimum atomic E-state index is -0.632. The average molecular weight is 350 g/mol. The molecule has 0 fully saturated rings. The lowest BCUT2D eigenvalue weighted by molar-refractivity contribution is -0.113. The predicted octanol–water partition coefficient (Wildman–Crippen LogP) is 1.11. The lowest BCUT2D eigenvalue weighted by Gasteiger charge is -2.09. The monoisotopic (exact) mass is 350 g/mol. The number of esters is 2. The molecule has 0 aliphatic carbocycles. The summed E-state index contributed by atoms with van der Waals surface area (Å²) in [6.45, 7) is 0. The molecule has 0 saturated carbocycles. The molecule has 2 N–H and O–H groups in total. The van der Waals surface area contributed by atoms with Crippen LogP contribution in [0, 0.1) is 0 Å². The van der Waals surface area contributed by atoms with E-state index in [-0.39, 0.29) is 28.5 Å². The third-order valence-electron chi connectivity index (χ3n) is 2.79. The van der Waals surface area contributed by atoms with Gasteiger partial charge >= 0.3 is 11.9 Å².